The van der Waals surface area contributed by atoms with Gasteiger partial charge in [-0.15, -0.1) is 0 Å². The minimum Gasteiger partial charge on any atom is -0.378 e. The minimum absolute atomic E-state index is 0.0602. The topological polar surface area (TPSA) is 97.8 Å². The van der Waals surface area contributed by atoms with Gasteiger partial charge in [0.05, 0.1) is 19.4 Å². The van der Waals surface area contributed by atoms with E-state index in [1.54, 1.807) is 10.6 Å². The number of nitrogens with one attached hydrogen (secondary N) is 1. The molecule has 6 rings (SSSR count). The van der Waals surface area contributed by atoms with Crippen molar-refractivity contribution in [3.8, 4) is 11.4 Å². The predicted octanol–water partition coefficient (Wildman–Crippen LogP) is 4.43. The first-order valence-corrected chi connectivity index (χ1v) is 11.9. The number of morpholine rings is 1. The lowest BCUT2D eigenvalue weighted by Gasteiger charge is -2.31. The third kappa shape index (κ3) is 4.41. The molecule has 9 nitrogen and oxygen atoms in total. The molecule has 0 radical (unpaired) electrons. The summed E-state index contributed by atoms with van der Waals surface area (Å²) in [4.78, 5) is 23.9. The van der Waals surface area contributed by atoms with Gasteiger partial charge in [0.25, 0.3) is 5.91 Å². The summed E-state index contributed by atoms with van der Waals surface area (Å²) in [5, 5.41) is 6.57. The third-order valence-electron chi connectivity index (χ3n) is 6.84. The number of benzene rings is 1. The first-order valence-electron chi connectivity index (χ1n) is 11.9. The molecule has 0 bridgehead atoms. The van der Waals surface area contributed by atoms with Gasteiger partial charge in [-0.25, -0.2) is 18.2 Å². The van der Waals surface area contributed by atoms with E-state index in [4.69, 9.17) is 9.26 Å². The highest BCUT2D eigenvalue weighted by Crippen LogP contribution is 2.48. The highest BCUT2D eigenvalue weighted by molar-refractivity contribution is 6.04. The second-order valence-electron chi connectivity index (χ2n) is 9.36. The number of hydrogen-bond donors (Lipinski definition) is 1. The van der Waals surface area contributed by atoms with Crippen LogP contribution in [0.2, 0.25) is 0 Å². The minimum atomic E-state index is -2.73. The third-order valence-corrected chi connectivity index (χ3v) is 6.84. The molecule has 37 heavy (non-hydrogen) atoms. The van der Waals surface area contributed by atoms with Crippen LogP contribution in [0.5, 0.6) is 0 Å². The number of carbonyl (C=O) groups is 1. The molecule has 1 saturated heterocycles. The van der Waals surface area contributed by atoms with Gasteiger partial charge in [-0.3, -0.25) is 9.20 Å². The molecular formula is C25H23F3N6O3. The summed E-state index contributed by atoms with van der Waals surface area (Å²) in [6, 6.07) is 6.56. The van der Waals surface area contributed by atoms with Crippen molar-refractivity contribution in [1.29, 1.82) is 0 Å². The highest BCUT2D eigenvalue weighted by atomic mass is 19.3. The average molecular weight is 512 g/mol. The standard InChI is InChI=1S/C25H23F3N6O3/c1-14-18(26)8-15(22-31-24(37-32-22)16-11-25(27,28)12-16)9-19(14)30-23(35)20-13-29-21-10-17(2-3-34(20)21)33-4-6-36-7-5-33/h2-3,8-10,13,16H,4-7,11-12H2,1H3,(H,30,35). The van der Waals surface area contributed by atoms with Crippen LogP contribution in [0.3, 0.4) is 0 Å². The summed E-state index contributed by atoms with van der Waals surface area (Å²) in [6.45, 7) is 4.41. The van der Waals surface area contributed by atoms with Gasteiger partial charge in [-0.2, -0.15) is 4.98 Å². The van der Waals surface area contributed by atoms with Crippen molar-refractivity contribution in [2.75, 3.05) is 36.5 Å². The van der Waals surface area contributed by atoms with E-state index in [1.165, 1.54) is 25.3 Å². The van der Waals surface area contributed by atoms with E-state index in [-0.39, 0.29) is 47.1 Å². The predicted molar refractivity (Wildman–Crippen MR) is 128 cm³/mol. The molecular weight excluding hydrogens is 489 g/mol. The molecule has 0 unspecified atom stereocenters. The lowest BCUT2D eigenvalue weighted by atomic mass is 9.81. The van der Waals surface area contributed by atoms with Gasteiger partial charge < -0.3 is 19.5 Å². The van der Waals surface area contributed by atoms with E-state index in [1.807, 2.05) is 12.1 Å². The summed E-state index contributed by atoms with van der Waals surface area (Å²) in [6.07, 6.45) is 2.52. The molecule has 2 fully saturated rings. The van der Waals surface area contributed by atoms with E-state index < -0.39 is 23.6 Å². The van der Waals surface area contributed by atoms with E-state index in [2.05, 4.69) is 25.3 Å². The number of anilines is 2. The monoisotopic (exact) mass is 512 g/mol. The van der Waals surface area contributed by atoms with E-state index >= 15 is 0 Å². The van der Waals surface area contributed by atoms with Crippen LogP contribution >= 0.6 is 0 Å². The zero-order chi connectivity index (χ0) is 25.7. The van der Waals surface area contributed by atoms with E-state index in [0.29, 0.717) is 18.9 Å². The van der Waals surface area contributed by atoms with Gasteiger partial charge >= 0.3 is 0 Å². The molecule has 1 N–H and O–H groups in total. The molecule has 4 aromatic rings. The quantitative estimate of drug-likeness (QED) is 0.422. The molecule has 2 aliphatic rings. The van der Waals surface area contributed by atoms with Crippen molar-refractivity contribution in [2.24, 2.45) is 0 Å². The maximum atomic E-state index is 14.8. The van der Waals surface area contributed by atoms with Crippen molar-refractivity contribution in [2.45, 2.75) is 31.6 Å². The molecule has 1 saturated carbocycles. The smallest absolute Gasteiger partial charge is 0.274 e. The second kappa shape index (κ2) is 8.87. The van der Waals surface area contributed by atoms with Crippen LogP contribution in [-0.4, -0.2) is 57.7 Å². The van der Waals surface area contributed by atoms with Crippen LogP contribution in [0.15, 0.2) is 41.2 Å². The van der Waals surface area contributed by atoms with Crippen molar-refractivity contribution in [1.82, 2.24) is 19.5 Å². The van der Waals surface area contributed by atoms with Crippen LogP contribution in [-0.2, 0) is 4.74 Å². The molecule has 1 aliphatic carbocycles. The molecule has 1 aromatic carbocycles. The normalized spacial score (nSPS) is 17.7. The van der Waals surface area contributed by atoms with Crippen LogP contribution in [0.4, 0.5) is 24.5 Å². The fourth-order valence-corrected chi connectivity index (χ4v) is 4.63. The zero-order valence-electron chi connectivity index (χ0n) is 19.9. The zero-order valence-corrected chi connectivity index (χ0v) is 19.9. The molecule has 1 amide bonds. The lowest BCUT2D eigenvalue weighted by molar-refractivity contribution is -0.0925. The summed E-state index contributed by atoms with van der Waals surface area (Å²) in [7, 11) is 0. The number of pyridine rings is 1. The largest absolute Gasteiger partial charge is 0.378 e. The van der Waals surface area contributed by atoms with Crippen LogP contribution in [0.1, 0.15) is 40.7 Å². The molecule has 1 aliphatic heterocycles. The summed E-state index contributed by atoms with van der Waals surface area (Å²) in [5.41, 5.74) is 2.58. The number of fused-ring (bicyclic) bond motifs is 1. The van der Waals surface area contributed by atoms with Crippen molar-refractivity contribution in [3.05, 3.63) is 59.6 Å². The van der Waals surface area contributed by atoms with Crippen LogP contribution in [0.25, 0.3) is 17.0 Å². The SMILES string of the molecule is Cc1c(F)cc(-c2noc(C3CC(F)(F)C3)n2)cc1NC(=O)c1cnc2cc(N3CCOCC3)ccn12. The van der Waals surface area contributed by atoms with Gasteiger partial charge in [0.2, 0.25) is 17.6 Å². The van der Waals surface area contributed by atoms with E-state index in [0.717, 1.165) is 18.8 Å². The number of ether oxygens (including phenoxy) is 1. The maximum absolute atomic E-state index is 14.8. The Morgan fingerprint density at radius 1 is 1.19 bits per heavy atom. The number of alkyl halides is 2. The first kappa shape index (κ1) is 23.5. The Balaban J connectivity index is 1.23. The number of rotatable bonds is 5. The first-order chi connectivity index (χ1) is 17.8. The molecule has 4 heterocycles. The number of imidazole rings is 1. The Bertz CT molecular complexity index is 1490. The Morgan fingerprint density at radius 2 is 1.97 bits per heavy atom. The summed E-state index contributed by atoms with van der Waals surface area (Å²) < 4.78 is 53.4. The average Bonchev–Trinajstić information content (AvgIpc) is 3.53. The number of carbonyl (C=O) groups excluding carboxylic acids is 1. The Kier molecular flexibility index (Phi) is 5.63. The Labute approximate surface area is 209 Å². The van der Waals surface area contributed by atoms with Crippen LogP contribution < -0.4 is 10.2 Å². The van der Waals surface area contributed by atoms with Crippen molar-refractivity contribution in [3.63, 3.8) is 0 Å². The van der Waals surface area contributed by atoms with E-state index in [9.17, 15) is 18.0 Å². The van der Waals surface area contributed by atoms with Gasteiger partial charge in [0, 0.05) is 66.6 Å². The lowest BCUT2D eigenvalue weighted by Crippen LogP contribution is -2.36. The van der Waals surface area contributed by atoms with Gasteiger partial charge in [-0.1, -0.05) is 5.16 Å². The summed E-state index contributed by atoms with van der Waals surface area (Å²) >= 11 is 0. The second-order valence-corrected chi connectivity index (χ2v) is 9.36. The Morgan fingerprint density at radius 3 is 2.73 bits per heavy atom. The molecule has 12 heteroatoms. The van der Waals surface area contributed by atoms with Gasteiger partial charge in [-0.05, 0) is 25.1 Å². The van der Waals surface area contributed by atoms with Crippen LogP contribution in [0, 0.1) is 12.7 Å². The maximum Gasteiger partial charge on any atom is 0.274 e. The summed E-state index contributed by atoms with van der Waals surface area (Å²) in [5.74, 6) is -4.15. The number of aromatic nitrogens is 4. The highest BCUT2D eigenvalue weighted by Gasteiger charge is 2.48. The molecule has 0 atom stereocenters. The van der Waals surface area contributed by atoms with Crippen molar-refractivity contribution >= 4 is 22.9 Å². The van der Waals surface area contributed by atoms with Gasteiger partial charge in [0.15, 0.2) is 0 Å². The molecule has 3 aromatic heterocycles. The molecule has 0 spiro atoms. The molecule has 192 valence electrons. The number of halogens is 3. The number of nitrogens with zero attached hydrogens (tertiary/aromatic N) is 5. The van der Waals surface area contributed by atoms with Gasteiger partial charge in [0.1, 0.15) is 17.2 Å². The number of hydrogen-bond acceptors (Lipinski definition) is 7. The Hall–Kier alpha value is -3.93. The fraction of sp³-hybridized carbons (Fsp3) is 0.360. The van der Waals surface area contributed by atoms with Crippen molar-refractivity contribution < 1.29 is 27.2 Å². The fourth-order valence-electron chi connectivity index (χ4n) is 4.63. The number of amides is 1.